The van der Waals surface area contributed by atoms with Crippen molar-refractivity contribution >= 4 is 38.6 Å². The molecule has 0 spiro atoms. The van der Waals surface area contributed by atoms with E-state index in [-0.39, 0.29) is 30.5 Å². The van der Waals surface area contributed by atoms with Gasteiger partial charge in [-0.25, -0.2) is 0 Å². The van der Waals surface area contributed by atoms with Gasteiger partial charge in [-0.3, -0.25) is 15.0 Å². The number of carbonyl (C=O) groups is 2. The van der Waals surface area contributed by atoms with Gasteiger partial charge in [-0.1, -0.05) is 42.5 Å². The summed E-state index contributed by atoms with van der Waals surface area (Å²) in [5, 5.41) is 19.0. The number of piperazine rings is 1. The quantitative estimate of drug-likeness (QED) is 0.196. The molecule has 3 aromatic carbocycles. The minimum Gasteiger partial charge on any atom is -0.508 e. The lowest BCUT2D eigenvalue weighted by molar-refractivity contribution is -0.139. The van der Waals surface area contributed by atoms with Crippen molar-refractivity contribution in [3.63, 3.8) is 0 Å². The van der Waals surface area contributed by atoms with Crippen molar-refractivity contribution in [3.8, 4) is 5.75 Å². The first-order chi connectivity index (χ1) is 18.5. The van der Waals surface area contributed by atoms with Gasteiger partial charge in [-0.2, -0.15) is 17.9 Å². The number of amidine groups is 1. The second-order valence-electron chi connectivity index (χ2n) is 9.47. The molecule has 1 heterocycles. The van der Waals surface area contributed by atoms with Gasteiger partial charge in [0.25, 0.3) is 10.2 Å². The van der Waals surface area contributed by atoms with E-state index in [0.717, 1.165) is 10.8 Å². The zero-order chi connectivity index (χ0) is 28.2. The van der Waals surface area contributed by atoms with Gasteiger partial charge in [0.1, 0.15) is 17.6 Å². The summed E-state index contributed by atoms with van der Waals surface area (Å²) in [4.78, 5) is 28.4. The molecule has 1 unspecified atom stereocenters. The van der Waals surface area contributed by atoms with Crippen LogP contribution in [0.2, 0.25) is 0 Å². The Kier molecular flexibility index (Phi) is 8.48. The van der Waals surface area contributed by atoms with Crippen molar-refractivity contribution in [2.24, 2.45) is 5.73 Å². The average Bonchev–Trinajstić information content (AvgIpc) is 2.91. The van der Waals surface area contributed by atoms with Gasteiger partial charge in [-0.05, 0) is 46.5 Å². The number of phenolic OH excluding ortho intramolecular Hbond substituents is 1. The molecule has 1 atom stereocenters. The first kappa shape index (κ1) is 28.0. The number of hydrogen-bond donors (Lipinski definition) is 5. The summed E-state index contributed by atoms with van der Waals surface area (Å²) in [6.07, 6.45) is 0.0430. The van der Waals surface area contributed by atoms with Gasteiger partial charge in [-0.15, -0.1) is 0 Å². The lowest BCUT2D eigenvalue weighted by Crippen LogP contribution is -2.57. The van der Waals surface area contributed by atoms with Gasteiger partial charge < -0.3 is 20.6 Å². The normalized spacial score (nSPS) is 14.8. The maximum Gasteiger partial charge on any atom is 0.277 e. The second-order valence-corrected chi connectivity index (χ2v) is 11.0. The number of benzene rings is 3. The average molecular weight is 553 g/mol. The zero-order valence-electron chi connectivity index (χ0n) is 21.6. The van der Waals surface area contributed by atoms with E-state index in [2.05, 4.69) is 9.44 Å². The summed E-state index contributed by atoms with van der Waals surface area (Å²) in [5.74, 6) is -0.502. The number of nitrogens with two attached hydrogens (primary N) is 1. The highest BCUT2D eigenvalue weighted by atomic mass is 32.2. The molecule has 206 valence electrons. The summed E-state index contributed by atoms with van der Waals surface area (Å²) in [5.41, 5.74) is 7.42. The maximum absolute atomic E-state index is 13.5. The van der Waals surface area contributed by atoms with Gasteiger partial charge in [0, 0.05) is 45.2 Å². The van der Waals surface area contributed by atoms with Crippen LogP contribution in [0.15, 0.2) is 60.7 Å². The molecule has 4 rings (SSSR count). The molecule has 6 N–H and O–H groups in total. The van der Waals surface area contributed by atoms with Crippen LogP contribution in [0.25, 0.3) is 10.8 Å². The van der Waals surface area contributed by atoms with E-state index in [1.807, 2.05) is 6.07 Å². The van der Waals surface area contributed by atoms with Crippen LogP contribution in [0, 0.1) is 5.41 Å². The lowest BCUT2D eigenvalue weighted by atomic mass is 10.0. The number of aromatic hydroxyl groups is 1. The van der Waals surface area contributed by atoms with Crippen LogP contribution in [0.5, 0.6) is 5.75 Å². The highest BCUT2D eigenvalue weighted by molar-refractivity contribution is 7.87. The highest BCUT2D eigenvalue weighted by Crippen LogP contribution is 2.23. The first-order valence-electron chi connectivity index (χ1n) is 12.5. The third-order valence-electron chi connectivity index (χ3n) is 6.72. The van der Waals surface area contributed by atoms with Gasteiger partial charge in [0.2, 0.25) is 11.8 Å². The van der Waals surface area contributed by atoms with Crippen LogP contribution in [0.3, 0.4) is 0 Å². The standard InChI is InChI=1S/C27H32N6O5S/c1-18(34)32-10-12-33(13-11-32)27(36)25(15-19-4-2-6-21(14-19)26(28)29)31-39(37,38)30-17-22-7-3-5-20-16-23(35)8-9-24(20)22/h2-9,14,16,25,30-31,35H,10-13,15,17H2,1H3,(H3,28,29). The van der Waals surface area contributed by atoms with Crippen molar-refractivity contribution in [1.82, 2.24) is 19.2 Å². The number of fused-ring (bicyclic) bond motifs is 1. The molecule has 1 saturated heterocycles. The second kappa shape index (κ2) is 11.8. The van der Waals surface area contributed by atoms with Crippen LogP contribution < -0.4 is 15.2 Å². The third kappa shape index (κ3) is 7.11. The summed E-state index contributed by atoms with van der Waals surface area (Å²) >= 11 is 0. The largest absolute Gasteiger partial charge is 0.508 e. The molecular weight excluding hydrogens is 520 g/mol. The SMILES string of the molecule is CC(=O)N1CCN(C(=O)C(Cc2cccc(C(=N)N)c2)NS(=O)(=O)NCc2cccc3cc(O)ccc23)CC1. The molecule has 0 radical (unpaired) electrons. The van der Waals surface area contributed by atoms with Crippen molar-refractivity contribution in [2.75, 3.05) is 26.2 Å². The first-order valence-corrected chi connectivity index (χ1v) is 14.0. The number of nitrogen functional groups attached to an aromatic ring is 1. The van der Waals surface area contributed by atoms with E-state index in [0.29, 0.717) is 42.9 Å². The number of nitrogens with one attached hydrogen (secondary N) is 3. The summed E-state index contributed by atoms with van der Waals surface area (Å²) in [6.45, 7) is 2.77. The number of phenols is 1. The van der Waals surface area contributed by atoms with E-state index in [1.165, 1.54) is 13.0 Å². The molecule has 1 aliphatic heterocycles. The van der Waals surface area contributed by atoms with E-state index in [9.17, 15) is 23.1 Å². The zero-order valence-corrected chi connectivity index (χ0v) is 22.4. The predicted molar refractivity (Wildman–Crippen MR) is 148 cm³/mol. The van der Waals surface area contributed by atoms with E-state index in [4.69, 9.17) is 11.1 Å². The van der Waals surface area contributed by atoms with Gasteiger partial charge in [0.15, 0.2) is 0 Å². The number of hydrogen-bond acceptors (Lipinski definition) is 6. The Bertz CT molecular complexity index is 1500. The highest BCUT2D eigenvalue weighted by Gasteiger charge is 2.31. The summed E-state index contributed by atoms with van der Waals surface area (Å²) in [6, 6.07) is 15.9. The molecule has 39 heavy (non-hydrogen) atoms. The fourth-order valence-corrected chi connectivity index (χ4v) is 5.62. The molecule has 1 aliphatic rings. The van der Waals surface area contributed by atoms with E-state index >= 15 is 0 Å². The molecule has 0 saturated carbocycles. The molecular formula is C27H32N6O5S. The lowest BCUT2D eigenvalue weighted by Gasteiger charge is -2.36. The monoisotopic (exact) mass is 552 g/mol. The fourth-order valence-electron chi connectivity index (χ4n) is 4.64. The Hall–Kier alpha value is -4.00. The Morgan fingerprint density at radius 3 is 2.41 bits per heavy atom. The van der Waals surface area contributed by atoms with Crippen molar-refractivity contribution in [3.05, 3.63) is 77.4 Å². The molecule has 0 aromatic heterocycles. The van der Waals surface area contributed by atoms with Crippen molar-refractivity contribution in [1.29, 1.82) is 5.41 Å². The number of nitrogens with zero attached hydrogens (tertiary/aromatic N) is 2. The molecule has 12 heteroatoms. The van der Waals surface area contributed by atoms with Crippen LogP contribution in [-0.4, -0.2) is 73.2 Å². The van der Waals surface area contributed by atoms with Gasteiger partial charge in [0.05, 0.1) is 0 Å². The van der Waals surface area contributed by atoms with Crippen molar-refractivity contribution < 1.29 is 23.1 Å². The van der Waals surface area contributed by atoms with E-state index < -0.39 is 22.2 Å². The van der Waals surface area contributed by atoms with Crippen molar-refractivity contribution in [2.45, 2.75) is 25.9 Å². The van der Waals surface area contributed by atoms with E-state index in [1.54, 1.807) is 58.3 Å². The minimum atomic E-state index is -4.14. The number of rotatable bonds is 9. The Morgan fingerprint density at radius 1 is 1.03 bits per heavy atom. The van der Waals surface area contributed by atoms with Crippen LogP contribution in [-0.2, 0) is 32.8 Å². The smallest absolute Gasteiger partial charge is 0.277 e. The minimum absolute atomic E-state index is 0.0323. The Labute approximate surface area is 227 Å². The van der Waals surface area contributed by atoms with Crippen LogP contribution in [0.1, 0.15) is 23.6 Å². The molecule has 3 aromatic rings. The maximum atomic E-state index is 13.5. The molecule has 2 amide bonds. The number of amides is 2. The van der Waals surface area contributed by atoms with Gasteiger partial charge >= 0.3 is 0 Å². The molecule has 0 bridgehead atoms. The predicted octanol–water partition coefficient (Wildman–Crippen LogP) is 1.06. The Morgan fingerprint density at radius 2 is 1.72 bits per heavy atom. The Balaban J connectivity index is 1.53. The summed E-state index contributed by atoms with van der Waals surface area (Å²) < 4.78 is 31.4. The number of carbonyl (C=O) groups excluding carboxylic acids is 2. The van der Waals surface area contributed by atoms with Crippen LogP contribution in [0.4, 0.5) is 0 Å². The summed E-state index contributed by atoms with van der Waals surface area (Å²) in [7, 11) is -4.14. The van der Waals surface area contributed by atoms with Crippen LogP contribution >= 0.6 is 0 Å². The fraction of sp³-hybridized carbons (Fsp3) is 0.296. The molecule has 1 fully saturated rings. The molecule has 0 aliphatic carbocycles. The molecule has 11 nitrogen and oxygen atoms in total. The third-order valence-corrected chi connectivity index (χ3v) is 7.84. The topological polar surface area (TPSA) is 169 Å².